The van der Waals surface area contributed by atoms with Crippen LogP contribution in [0.2, 0.25) is 0 Å². The van der Waals surface area contributed by atoms with Gasteiger partial charge in [-0.15, -0.1) is 0 Å². The molecule has 0 unspecified atom stereocenters. The zero-order chi connectivity index (χ0) is 21.9. The number of aromatic nitrogens is 2. The van der Waals surface area contributed by atoms with Gasteiger partial charge in [0.05, 0.1) is 10.4 Å². The molecule has 0 fully saturated rings. The van der Waals surface area contributed by atoms with E-state index in [2.05, 4.69) is 20.2 Å². The summed E-state index contributed by atoms with van der Waals surface area (Å²) in [6.07, 6.45) is -1.08. The van der Waals surface area contributed by atoms with Gasteiger partial charge in [0.2, 0.25) is 10.0 Å². The van der Waals surface area contributed by atoms with Crippen LogP contribution in [0.15, 0.2) is 53.4 Å². The largest absolute Gasteiger partial charge is 0.448 e. The number of carbonyl (C=O) groups excluding carboxylic acids is 2. The quantitative estimate of drug-likeness (QED) is 0.494. The molecule has 1 heterocycles. The number of para-hydroxylation sites is 1. The lowest BCUT2D eigenvalue weighted by molar-refractivity contribution is -0.123. The van der Waals surface area contributed by atoms with Gasteiger partial charge in [-0.1, -0.05) is 18.2 Å². The second kappa shape index (κ2) is 8.64. The van der Waals surface area contributed by atoms with Gasteiger partial charge in [0.15, 0.2) is 11.8 Å². The first-order valence-electron chi connectivity index (χ1n) is 9.24. The number of sulfonamides is 1. The molecule has 2 aromatic carbocycles. The van der Waals surface area contributed by atoms with Crippen LogP contribution in [-0.4, -0.2) is 42.6 Å². The predicted octanol–water partition coefficient (Wildman–Crippen LogP) is 2.43. The highest BCUT2D eigenvalue weighted by atomic mass is 32.2. The number of nitrogens with zero attached hydrogens (tertiary/aromatic N) is 1. The molecule has 158 valence electrons. The van der Waals surface area contributed by atoms with Gasteiger partial charge in [0.25, 0.3) is 5.91 Å². The summed E-state index contributed by atoms with van der Waals surface area (Å²) in [4.78, 5) is 24.8. The van der Waals surface area contributed by atoms with E-state index in [1.807, 2.05) is 0 Å². The van der Waals surface area contributed by atoms with Gasteiger partial charge in [-0.3, -0.25) is 9.89 Å². The van der Waals surface area contributed by atoms with Gasteiger partial charge in [-0.2, -0.15) is 5.10 Å². The standard InChI is InChI=1S/C20H22N4O5S/c1-12(2)24-30(27,28)15-10-8-14(9-11-15)21-19(25)13(3)29-20(26)18-16-6-4-5-7-17(16)22-23-18/h4-13,24H,1-3H3,(H,21,25)(H,22,23)/t13-/m0/s1. The molecule has 1 aromatic heterocycles. The fraction of sp³-hybridized carbons (Fsp3) is 0.250. The van der Waals surface area contributed by atoms with Crippen molar-refractivity contribution in [2.24, 2.45) is 0 Å². The van der Waals surface area contributed by atoms with Crippen molar-refractivity contribution in [1.29, 1.82) is 0 Å². The Morgan fingerprint density at radius 1 is 1.03 bits per heavy atom. The van der Waals surface area contributed by atoms with Gasteiger partial charge in [0, 0.05) is 17.1 Å². The summed E-state index contributed by atoms with van der Waals surface area (Å²) >= 11 is 0. The molecule has 0 spiro atoms. The maximum Gasteiger partial charge on any atom is 0.360 e. The van der Waals surface area contributed by atoms with E-state index >= 15 is 0 Å². The van der Waals surface area contributed by atoms with Crippen LogP contribution in [0.4, 0.5) is 5.69 Å². The Balaban J connectivity index is 1.63. The maximum atomic E-state index is 12.4. The van der Waals surface area contributed by atoms with Crippen LogP contribution in [0.25, 0.3) is 10.9 Å². The van der Waals surface area contributed by atoms with E-state index in [9.17, 15) is 18.0 Å². The lowest BCUT2D eigenvalue weighted by Crippen LogP contribution is -2.31. The van der Waals surface area contributed by atoms with Gasteiger partial charge in [-0.25, -0.2) is 17.9 Å². The van der Waals surface area contributed by atoms with Crippen LogP contribution < -0.4 is 10.0 Å². The Bertz CT molecular complexity index is 1170. The van der Waals surface area contributed by atoms with Gasteiger partial charge < -0.3 is 10.1 Å². The molecule has 0 saturated carbocycles. The van der Waals surface area contributed by atoms with Crippen LogP contribution in [0.1, 0.15) is 31.3 Å². The molecule has 3 aromatic rings. The van der Waals surface area contributed by atoms with Crippen LogP contribution in [0.3, 0.4) is 0 Å². The zero-order valence-electron chi connectivity index (χ0n) is 16.7. The molecule has 0 aliphatic rings. The average Bonchev–Trinajstić information content (AvgIpc) is 3.11. The van der Waals surface area contributed by atoms with Crippen molar-refractivity contribution in [2.75, 3.05) is 5.32 Å². The van der Waals surface area contributed by atoms with Gasteiger partial charge in [0.1, 0.15) is 0 Å². The Kier molecular flexibility index (Phi) is 6.18. The topological polar surface area (TPSA) is 130 Å². The normalized spacial score (nSPS) is 12.7. The first-order chi connectivity index (χ1) is 14.2. The fourth-order valence-electron chi connectivity index (χ4n) is 2.73. The lowest BCUT2D eigenvalue weighted by atomic mass is 10.2. The summed E-state index contributed by atoms with van der Waals surface area (Å²) in [5, 5.41) is 9.87. The Hall–Kier alpha value is -3.24. The van der Waals surface area contributed by atoms with Crippen LogP contribution >= 0.6 is 0 Å². The van der Waals surface area contributed by atoms with Crippen LogP contribution in [0, 0.1) is 0 Å². The minimum atomic E-state index is -3.62. The van der Waals surface area contributed by atoms with E-state index in [1.54, 1.807) is 38.1 Å². The Labute approximate surface area is 173 Å². The number of fused-ring (bicyclic) bond motifs is 1. The highest BCUT2D eigenvalue weighted by Crippen LogP contribution is 2.18. The number of carbonyl (C=O) groups is 2. The number of H-pyrrole nitrogens is 1. The SMILES string of the molecule is CC(C)NS(=O)(=O)c1ccc(NC(=O)[C@H](C)OC(=O)c2n[nH]c3ccccc23)cc1. The van der Waals surface area contributed by atoms with Crippen LogP contribution in [0.5, 0.6) is 0 Å². The lowest BCUT2D eigenvalue weighted by Gasteiger charge is -2.14. The number of esters is 1. The summed E-state index contributed by atoms with van der Waals surface area (Å²) in [6, 6.07) is 12.5. The predicted molar refractivity (Wildman–Crippen MR) is 112 cm³/mol. The number of ether oxygens (including phenoxy) is 1. The minimum Gasteiger partial charge on any atom is -0.448 e. The molecule has 30 heavy (non-hydrogen) atoms. The molecule has 0 saturated heterocycles. The van der Waals surface area contributed by atoms with Crippen molar-refractivity contribution in [3.8, 4) is 0 Å². The van der Waals surface area contributed by atoms with Crippen molar-refractivity contribution in [1.82, 2.24) is 14.9 Å². The molecule has 0 aliphatic carbocycles. The van der Waals surface area contributed by atoms with E-state index in [4.69, 9.17) is 4.74 Å². The smallest absolute Gasteiger partial charge is 0.360 e. The van der Waals surface area contributed by atoms with Crippen LogP contribution in [-0.2, 0) is 19.6 Å². The second-order valence-corrected chi connectivity index (χ2v) is 8.67. The summed E-state index contributed by atoms with van der Waals surface area (Å²) in [5.74, 6) is -1.28. The number of anilines is 1. The molecule has 3 rings (SSSR count). The summed E-state index contributed by atoms with van der Waals surface area (Å²) < 4.78 is 32.0. The molecule has 0 radical (unpaired) electrons. The van der Waals surface area contributed by atoms with Crippen molar-refractivity contribution in [3.05, 3.63) is 54.2 Å². The molecule has 1 amide bonds. The number of benzene rings is 2. The molecule has 9 nitrogen and oxygen atoms in total. The number of rotatable bonds is 7. The Morgan fingerprint density at radius 2 is 1.70 bits per heavy atom. The maximum absolute atomic E-state index is 12.4. The molecular weight excluding hydrogens is 408 g/mol. The number of hydrogen-bond acceptors (Lipinski definition) is 6. The summed E-state index contributed by atoms with van der Waals surface area (Å²) in [5.41, 5.74) is 1.15. The molecule has 0 aliphatic heterocycles. The molecule has 10 heteroatoms. The first kappa shape index (κ1) is 21.5. The van der Waals surface area contributed by atoms with Gasteiger partial charge >= 0.3 is 5.97 Å². The van der Waals surface area contributed by atoms with E-state index in [1.165, 1.54) is 31.2 Å². The second-order valence-electron chi connectivity index (χ2n) is 6.95. The third kappa shape index (κ3) is 4.84. The monoisotopic (exact) mass is 430 g/mol. The number of hydrogen-bond donors (Lipinski definition) is 3. The van der Waals surface area contributed by atoms with Crippen molar-refractivity contribution < 1.29 is 22.7 Å². The molecule has 1 atom stereocenters. The molecule has 0 bridgehead atoms. The highest BCUT2D eigenvalue weighted by molar-refractivity contribution is 7.89. The third-order valence-electron chi connectivity index (χ3n) is 4.14. The molecular formula is C20H22N4O5S. The Morgan fingerprint density at radius 3 is 2.37 bits per heavy atom. The minimum absolute atomic E-state index is 0.0825. The van der Waals surface area contributed by atoms with Crippen molar-refractivity contribution in [2.45, 2.75) is 37.8 Å². The zero-order valence-corrected chi connectivity index (χ0v) is 17.5. The van der Waals surface area contributed by atoms with Crippen molar-refractivity contribution in [3.63, 3.8) is 0 Å². The average molecular weight is 430 g/mol. The summed E-state index contributed by atoms with van der Waals surface area (Å²) in [7, 11) is -3.62. The van der Waals surface area contributed by atoms with Crippen molar-refractivity contribution >= 4 is 38.5 Å². The van der Waals surface area contributed by atoms with Gasteiger partial charge in [-0.05, 0) is 51.1 Å². The highest BCUT2D eigenvalue weighted by Gasteiger charge is 2.22. The third-order valence-corrected chi connectivity index (χ3v) is 5.81. The van der Waals surface area contributed by atoms with E-state index in [0.717, 1.165) is 0 Å². The number of nitrogens with one attached hydrogen (secondary N) is 3. The summed E-state index contributed by atoms with van der Waals surface area (Å²) in [6.45, 7) is 4.88. The van der Waals surface area contributed by atoms with E-state index in [0.29, 0.717) is 16.6 Å². The van der Waals surface area contributed by atoms with E-state index < -0.39 is 28.0 Å². The number of amides is 1. The number of aromatic amines is 1. The van der Waals surface area contributed by atoms with E-state index in [-0.39, 0.29) is 16.6 Å². The molecule has 3 N–H and O–H groups in total. The first-order valence-corrected chi connectivity index (χ1v) is 10.7. The fourth-order valence-corrected chi connectivity index (χ4v) is 3.98.